The van der Waals surface area contributed by atoms with Gasteiger partial charge in [0.25, 0.3) is 5.91 Å². The number of halogens is 1. The maximum Gasteiger partial charge on any atom is 0.259 e. The topological polar surface area (TPSA) is 68.2 Å². The van der Waals surface area contributed by atoms with E-state index in [2.05, 4.69) is 15.0 Å². The predicted octanol–water partition coefficient (Wildman–Crippen LogP) is 3.16. The van der Waals surface area contributed by atoms with Gasteiger partial charge in [0.15, 0.2) is 5.13 Å². The molecule has 3 aromatic rings. The van der Waals surface area contributed by atoms with E-state index in [0.717, 1.165) is 5.69 Å². The van der Waals surface area contributed by atoms with Crippen molar-refractivity contribution in [2.45, 2.75) is 6.61 Å². The van der Waals surface area contributed by atoms with Crippen LogP contribution in [0.5, 0.6) is 0 Å². The van der Waals surface area contributed by atoms with Crippen molar-refractivity contribution in [2.24, 2.45) is 0 Å². The third kappa shape index (κ3) is 3.86. The maximum absolute atomic E-state index is 13.0. The van der Waals surface area contributed by atoms with Gasteiger partial charge in [-0.1, -0.05) is 0 Å². The minimum Gasteiger partial charge on any atom is -0.378 e. The molecule has 0 aliphatic heterocycles. The van der Waals surface area contributed by atoms with E-state index in [-0.39, 0.29) is 11.7 Å². The number of anilines is 1. The van der Waals surface area contributed by atoms with Crippen LogP contribution in [0.2, 0.25) is 0 Å². The van der Waals surface area contributed by atoms with Gasteiger partial charge in [0.05, 0.1) is 18.0 Å². The van der Waals surface area contributed by atoms with Crippen molar-refractivity contribution in [3.8, 4) is 11.4 Å². The summed E-state index contributed by atoms with van der Waals surface area (Å²) in [5, 5.41) is 2.35. The number of thiazole rings is 1. The summed E-state index contributed by atoms with van der Waals surface area (Å²) in [5.41, 5.74) is 2.45. The van der Waals surface area contributed by atoms with Gasteiger partial charge in [-0.15, -0.1) is 11.3 Å². The first-order valence-electron chi connectivity index (χ1n) is 7.38. The van der Waals surface area contributed by atoms with E-state index in [0.29, 0.717) is 28.7 Å². The smallest absolute Gasteiger partial charge is 0.259 e. The fourth-order valence-electron chi connectivity index (χ4n) is 2.17. The molecule has 0 unspecified atom stereocenters. The number of benzene rings is 1. The molecule has 25 heavy (non-hydrogen) atoms. The van der Waals surface area contributed by atoms with Crippen LogP contribution in [0.3, 0.4) is 0 Å². The molecular weight excluding hydrogens is 343 g/mol. The van der Waals surface area contributed by atoms with E-state index in [1.807, 2.05) is 5.38 Å². The summed E-state index contributed by atoms with van der Waals surface area (Å²) in [5.74, 6) is -0.643. The highest BCUT2D eigenvalue weighted by Gasteiger charge is 2.17. The van der Waals surface area contributed by atoms with Crippen LogP contribution in [-0.4, -0.2) is 35.0 Å². The summed E-state index contributed by atoms with van der Waals surface area (Å²) >= 11 is 1.33. The summed E-state index contributed by atoms with van der Waals surface area (Å²) in [6.45, 7) is 0.384. The van der Waals surface area contributed by atoms with Crippen LogP contribution >= 0.6 is 11.3 Å². The third-order valence-electron chi connectivity index (χ3n) is 3.45. The van der Waals surface area contributed by atoms with Crippen molar-refractivity contribution in [1.82, 2.24) is 15.0 Å². The second-order valence-electron chi connectivity index (χ2n) is 5.21. The highest BCUT2D eigenvalue weighted by Crippen LogP contribution is 2.26. The minimum absolute atomic E-state index is 0.261. The Hall–Kier alpha value is -2.71. The second kappa shape index (κ2) is 7.45. The van der Waals surface area contributed by atoms with Gasteiger partial charge in [0.2, 0.25) is 0 Å². The van der Waals surface area contributed by atoms with Gasteiger partial charge in [0.1, 0.15) is 17.8 Å². The van der Waals surface area contributed by atoms with Gasteiger partial charge in [0, 0.05) is 25.1 Å². The number of carbonyl (C=O) groups is 1. The maximum atomic E-state index is 13.0. The molecule has 1 amide bonds. The zero-order chi connectivity index (χ0) is 17.8. The SMILES string of the molecule is COCc1cc(-c2csc(N(C)C(=O)c3ccc(F)cc3)n2)ncn1. The van der Waals surface area contributed by atoms with Gasteiger partial charge >= 0.3 is 0 Å². The second-order valence-corrected chi connectivity index (χ2v) is 6.05. The molecule has 0 radical (unpaired) electrons. The molecule has 0 saturated heterocycles. The van der Waals surface area contributed by atoms with Crippen LogP contribution in [0, 0.1) is 5.82 Å². The fourth-order valence-corrected chi connectivity index (χ4v) is 2.96. The zero-order valence-electron chi connectivity index (χ0n) is 13.6. The van der Waals surface area contributed by atoms with Crippen LogP contribution < -0.4 is 4.90 Å². The van der Waals surface area contributed by atoms with Crippen LogP contribution in [0.4, 0.5) is 9.52 Å². The van der Waals surface area contributed by atoms with Crippen LogP contribution in [0.25, 0.3) is 11.4 Å². The number of ether oxygens (including phenoxy) is 1. The van der Waals surface area contributed by atoms with Gasteiger partial charge in [-0.3, -0.25) is 9.69 Å². The van der Waals surface area contributed by atoms with Crippen molar-refractivity contribution in [2.75, 3.05) is 19.1 Å². The molecule has 8 heteroatoms. The number of nitrogens with zero attached hydrogens (tertiary/aromatic N) is 4. The lowest BCUT2D eigenvalue weighted by Crippen LogP contribution is -2.26. The van der Waals surface area contributed by atoms with E-state index in [9.17, 15) is 9.18 Å². The standard InChI is InChI=1S/C17H15FN4O2S/c1-22(16(23)11-3-5-12(18)6-4-11)17-21-15(9-25-17)14-7-13(8-24-2)19-10-20-14/h3-7,9-10H,8H2,1-2H3. The van der Waals surface area contributed by atoms with Crippen molar-refractivity contribution >= 4 is 22.4 Å². The zero-order valence-corrected chi connectivity index (χ0v) is 14.5. The quantitative estimate of drug-likeness (QED) is 0.701. The molecule has 2 heterocycles. The van der Waals surface area contributed by atoms with E-state index < -0.39 is 0 Å². The Morgan fingerprint density at radius 3 is 2.72 bits per heavy atom. The van der Waals surface area contributed by atoms with E-state index in [4.69, 9.17) is 4.74 Å². The number of aromatic nitrogens is 3. The van der Waals surface area contributed by atoms with Crippen molar-refractivity contribution in [3.05, 3.63) is 59.1 Å². The lowest BCUT2D eigenvalue weighted by atomic mass is 10.2. The first-order valence-corrected chi connectivity index (χ1v) is 8.26. The number of carbonyl (C=O) groups excluding carboxylic acids is 1. The average Bonchev–Trinajstić information content (AvgIpc) is 3.12. The Labute approximate surface area is 148 Å². The monoisotopic (exact) mass is 358 g/mol. The molecule has 1 aromatic carbocycles. The van der Waals surface area contributed by atoms with Crippen LogP contribution in [-0.2, 0) is 11.3 Å². The third-order valence-corrected chi connectivity index (χ3v) is 4.37. The molecular formula is C17H15FN4O2S. The molecule has 0 saturated carbocycles. The molecule has 0 spiro atoms. The Bertz CT molecular complexity index is 882. The van der Waals surface area contributed by atoms with Crippen LogP contribution in [0.1, 0.15) is 16.1 Å². The number of hydrogen-bond acceptors (Lipinski definition) is 6. The first kappa shape index (κ1) is 17.1. The highest BCUT2D eigenvalue weighted by molar-refractivity contribution is 7.14. The molecule has 0 N–H and O–H groups in total. The predicted molar refractivity (Wildman–Crippen MR) is 93.0 cm³/mol. The average molecular weight is 358 g/mol. The molecule has 0 aliphatic carbocycles. The normalized spacial score (nSPS) is 10.7. The summed E-state index contributed by atoms with van der Waals surface area (Å²) < 4.78 is 18.1. The Kier molecular flexibility index (Phi) is 5.11. The van der Waals surface area contributed by atoms with Crippen molar-refractivity contribution in [3.63, 3.8) is 0 Å². The number of amides is 1. The van der Waals surface area contributed by atoms with Gasteiger partial charge in [-0.05, 0) is 30.3 Å². The molecule has 0 aliphatic rings. The van der Waals surface area contributed by atoms with Gasteiger partial charge in [-0.2, -0.15) is 0 Å². The molecule has 3 rings (SSSR count). The fraction of sp³-hybridized carbons (Fsp3) is 0.176. The van der Waals surface area contributed by atoms with E-state index in [1.165, 1.54) is 46.8 Å². The van der Waals surface area contributed by atoms with E-state index in [1.54, 1.807) is 20.2 Å². The lowest BCUT2D eigenvalue weighted by molar-refractivity contribution is 0.0993. The lowest BCUT2D eigenvalue weighted by Gasteiger charge is -2.13. The molecule has 0 atom stereocenters. The molecule has 6 nitrogen and oxygen atoms in total. The molecule has 0 bridgehead atoms. The molecule has 128 valence electrons. The molecule has 2 aromatic heterocycles. The van der Waals surface area contributed by atoms with Gasteiger partial charge < -0.3 is 4.74 Å². The Balaban J connectivity index is 1.81. The Morgan fingerprint density at radius 1 is 1.24 bits per heavy atom. The number of rotatable bonds is 5. The summed E-state index contributed by atoms with van der Waals surface area (Å²) in [7, 11) is 3.23. The van der Waals surface area contributed by atoms with Crippen LogP contribution in [0.15, 0.2) is 42.0 Å². The van der Waals surface area contributed by atoms with Crippen molar-refractivity contribution < 1.29 is 13.9 Å². The van der Waals surface area contributed by atoms with Gasteiger partial charge in [-0.25, -0.2) is 19.3 Å². The number of methoxy groups -OCH3 is 1. The number of hydrogen-bond donors (Lipinski definition) is 0. The first-order chi connectivity index (χ1) is 12.1. The summed E-state index contributed by atoms with van der Waals surface area (Å²) in [6, 6.07) is 7.21. The van der Waals surface area contributed by atoms with Crippen molar-refractivity contribution in [1.29, 1.82) is 0 Å². The molecule has 0 fully saturated rings. The minimum atomic E-state index is -0.383. The largest absolute Gasteiger partial charge is 0.378 e. The summed E-state index contributed by atoms with van der Waals surface area (Å²) in [6.07, 6.45) is 1.45. The summed E-state index contributed by atoms with van der Waals surface area (Å²) in [4.78, 5) is 26.7. The Morgan fingerprint density at radius 2 is 2.00 bits per heavy atom. The highest BCUT2D eigenvalue weighted by atomic mass is 32.1. The van der Waals surface area contributed by atoms with E-state index >= 15 is 0 Å².